The van der Waals surface area contributed by atoms with Gasteiger partial charge in [-0.3, -0.25) is 14.8 Å². The van der Waals surface area contributed by atoms with E-state index >= 15 is 0 Å². The van der Waals surface area contributed by atoms with Gasteiger partial charge in [0.1, 0.15) is 0 Å². The summed E-state index contributed by atoms with van der Waals surface area (Å²) in [6.45, 7) is 5.98. The number of fused-ring (bicyclic) bond motifs is 1. The van der Waals surface area contributed by atoms with E-state index < -0.39 is 0 Å². The van der Waals surface area contributed by atoms with E-state index in [0.29, 0.717) is 22.3 Å². The predicted octanol–water partition coefficient (Wildman–Crippen LogP) is 3.65. The first-order valence-electron chi connectivity index (χ1n) is 7.83. The smallest absolute Gasteiger partial charge is 0.277 e. The third-order valence-electron chi connectivity index (χ3n) is 3.76. The molecule has 0 saturated carbocycles. The monoisotopic (exact) mass is 360 g/mol. The van der Waals surface area contributed by atoms with E-state index in [0.717, 1.165) is 15.9 Å². The highest BCUT2D eigenvalue weighted by molar-refractivity contribution is 7.22. The van der Waals surface area contributed by atoms with Gasteiger partial charge < -0.3 is 9.47 Å². The molecule has 0 bridgehead atoms. The number of nitrogens with zero attached hydrogens (tertiary/aromatic N) is 3. The Bertz CT molecular complexity index is 889. The number of anilines is 1. The molecule has 0 spiro atoms. The molecule has 0 atom stereocenters. The number of benzene rings is 1. The van der Waals surface area contributed by atoms with E-state index in [1.54, 1.807) is 26.4 Å². The van der Waals surface area contributed by atoms with Gasteiger partial charge in [-0.1, -0.05) is 11.3 Å². The molecule has 1 aromatic carbocycles. The number of aromatic nitrogens is 3. The summed E-state index contributed by atoms with van der Waals surface area (Å²) in [6, 6.07) is 5.61. The molecule has 25 heavy (non-hydrogen) atoms. The van der Waals surface area contributed by atoms with E-state index in [9.17, 15) is 4.79 Å². The maximum Gasteiger partial charge on any atom is 0.277 e. The SMILES string of the molecule is COc1cc2nc(NC(=O)c3cc(C)n(C(C)C)n3)sc2cc1OC. The van der Waals surface area contributed by atoms with Gasteiger partial charge in [-0.05, 0) is 26.8 Å². The van der Waals surface area contributed by atoms with Gasteiger partial charge in [0.15, 0.2) is 22.3 Å². The van der Waals surface area contributed by atoms with Crippen molar-refractivity contribution in [1.82, 2.24) is 14.8 Å². The van der Waals surface area contributed by atoms with Crippen molar-refractivity contribution in [1.29, 1.82) is 0 Å². The van der Waals surface area contributed by atoms with Gasteiger partial charge in [0.25, 0.3) is 5.91 Å². The molecule has 3 aromatic rings. The lowest BCUT2D eigenvalue weighted by Gasteiger charge is -2.06. The third kappa shape index (κ3) is 3.30. The molecular weight excluding hydrogens is 340 g/mol. The van der Waals surface area contributed by atoms with E-state index in [2.05, 4.69) is 15.4 Å². The standard InChI is InChI=1S/C17H20N4O3S/c1-9(2)21-10(3)6-12(20-21)16(22)19-17-18-11-7-13(23-4)14(24-5)8-15(11)25-17/h6-9H,1-5H3,(H,18,19,22). The molecular formula is C17H20N4O3S. The Labute approximate surface area is 149 Å². The molecule has 0 saturated heterocycles. The molecule has 132 valence electrons. The molecule has 0 radical (unpaired) electrons. The normalized spacial score (nSPS) is 11.1. The topological polar surface area (TPSA) is 78.3 Å². The zero-order chi connectivity index (χ0) is 18.1. The number of carbonyl (C=O) groups excluding carboxylic acids is 1. The molecule has 7 nitrogen and oxygen atoms in total. The number of rotatable bonds is 5. The van der Waals surface area contributed by atoms with Crippen LogP contribution < -0.4 is 14.8 Å². The van der Waals surface area contributed by atoms with Crippen molar-refractivity contribution in [2.45, 2.75) is 26.8 Å². The molecule has 0 aliphatic carbocycles. The number of amides is 1. The summed E-state index contributed by atoms with van der Waals surface area (Å²) in [5, 5.41) is 7.68. The molecule has 2 aromatic heterocycles. The molecule has 8 heteroatoms. The number of aryl methyl sites for hydroxylation is 1. The molecule has 1 N–H and O–H groups in total. The van der Waals surface area contributed by atoms with Crippen LogP contribution in [0.1, 0.15) is 36.1 Å². The Morgan fingerprint density at radius 1 is 1.20 bits per heavy atom. The third-order valence-corrected chi connectivity index (χ3v) is 4.69. The largest absolute Gasteiger partial charge is 0.493 e. The summed E-state index contributed by atoms with van der Waals surface area (Å²) in [6.07, 6.45) is 0. The van der Waals surface area contributed by atoms with Crippen LogP contribution in [0.4, 0.5) is 5.13 Å². The average Bonchev–Trinajstić information content (AvgIpc) is 3.15. The van der Waals surface area contributed by atoms with Crippen LogP contribution in [0.2, 0.25) is 0 Å². The number of ether oxygens (including phenoxy) is 2. The van der Waals surface area contributed by atoms with Crippen LogP contribution in [-0.4, -0.2) is 34.9 Å². The second kappa shape index (κ2) is 6.72. The summed E-state index contributed by atoms with van der Waals surface area (Å²) in [5.41, 5.74) is 2.06. The minimum Gasteiger partial charge on any atom is -0.493 e. The van der Waals surface area contributed by atoms with Gasteiger partial charge >= 0.3 is 0 Å². The second-order valence-corrected chi connectivity index (χ2v) is 6.89. The van der Waals surface area contributed by atoms with Crippen molar-refractivity contribution in [3.63, 3.8) is 0 Å². The van der Waals surface area contributed by atoms with Crippen molar-refractivity contribution in [2.24, 2.45) is 0 Å². The van der Waals surface area contributed by atoms with Crippen LogP contribution in [0, 0.1) is 6.92 Å². The van der Waals surface area contributed by atoms with Crippen molar-refractivity contribution < 1.29 is 14.3 Å². The number of hydrogen-bond donors (Lipinski definition) is 1. The van der Waals surface area contributed by atoms with Gasteiger partial charge in [-0.2, -0.15) is 5.10 Å². The zero-order valence-corrected chi connectivity index (χ0v) is 15.6. The molecule has 0 unspecified atom stereocenters. The maximum absolute atomic E-state index is 12.5. The fourth-order valence-corrected chi connectivity index (χ4v) is 3.46. The number of thiazole rings is 1. The van der Waals surface area contributed by atoms with E-state index in [-0.39, 0.29) is 11.9 Å². The van der Waals surface area contributed by atoms with Crippen molar-refractivity contribution in [2.75, 3.05) is 19.5 Å². The number of nitrogens with one attached hydrogen (secondary N) is 1. The number of hydrogen-bond acceptors (Lipinski definition) is 6. The first-order chi connectivity index (χ1) is 11.9. The van der Waals surface area contributed by atoms with Gasteiger partial charge in [0, 0.05) is 23.9 Å². The van der Waals surface area contributed by atoms with Crippen molar-refractivity contribution in [3.05, 3.63) is 29.6 Å². The molecule has 2 heterocycles. The molecule has 1 amide bonds. The minimum atomic E-state index is -0.277. The summed E-state index contributed by atoms with van der Waals surface area (Å²) < 4.78 is 13.3. The highest BCUT2D eigenvalue weighted by atomic mass is 32.1. The van der Waals surface area contributed by atoms with E-state index in [1.807, 2.05) is 31.5 Å². The highest BCUT2D eigenvalue weighted by Crippen LogP contribution is 2.36. The van der Waals surface area contributed by atoms with Gasteiger partial charge in [0.2, 0.25) is 0 Å². The Morgan fingerprint density at radius 3 is 2.48 bits per heavy atom. The highest BCUT2D eigenvalue weighted by Gasteiger charge is 2.16. The quantitative estimate of drug-likeness (QED) is 0.751. The fourth-order valence-electron chi connectivity index (χ4n) is 2.59. The Morgan fingerprint density at radius 2 is 1.88 bits per heavy atom. The summed E-state index contributed by atoms with van der Waals surface area (Å²) in [7, 11) is 3.16. The van der Waals surface area contributed by atoms with Crippen LogP contribution in [-0.2, 0) is 0 Å². The van der Waals surface area contributed by atoms with Crippen LogP contribution >= 0.6 is 11.3 Å². The van der Waals surface area contributed by atoms with Crippen LogP contribution in [0.15, 0.2) is 18.2 Å². The summed E-state index contributed by atoms with van der Waals surface area (Å²) in [5.74, 6) is 0.952. The lowest BCUT2D eigenvalue weighted by Crippen LogP contribution is -2.13. The second-order valence-electron chi connectivity index (χ2n) is 5.86. The van der Waals surface area contributed by atoms with Crippen molar-refractivity contribution >= 4 is 32.6 Å². The van der Waals surface area contributed by atoms with E-state index in [4.69, 9.17) is 9.47 Å². The molecule has 0 fully saturated rings. The van der Waals surface area contributed by atoms with Gasteiger partial charge in [-0.15, -0.1) is 0 Å². The maximum atomic E-state index is 12.5. The average molecular weight is 360 g/mol. The van der Waals surface area contributed by atoms with Gasteiger partial charge in [0.05, 0.1) is 24.4 Å². The Balaban J connectivity index is 1.87. The Kier molecular flexibility index (Phi) is 4.63. The fraction of sp³-hybridized carbons (Fsp3) is 0.353. The van der Waals surface area contributed by atoms with Crippen LogP contribution in [0.3, 0.4) is 0 Å². The Hall–Kier alpha value is -2.61. The first-order valence-corrected chi connectivity index (χ1v) is 8.64. The van der Waals surface area contributed by atoms with Crippen LogP contribution in [0.5, 0.6) is 11.5 Å². The molecule has 0 aliphatic rings. The van der Waals surface area contributed by atoms with Gasteiger partial charge in [-0.25, -0.2) is 4.98 Å². The first kappa shape index (κ1) is 17.2. The number of methoxy groups -OCH3 is 2. The minimum absolute atomic E-state index is 0.198. The molecule has 3 rings (SSSR count). The zero-order valence-electron chi connectivity index (χ0n) is 14.8. The van der Waals surface area contributed by atoms with Crippen LogP contribution in [0.25, 0.3) is 10.2 Å². The lowest BCUT2D eigenvalue weighted by atomic mass is 10.3. The lowest BCUT2D eigenvalue weighted by molar-refractivity contribution is 0.102. The van der Waals surface area contributed by atoms with E-state index in [1.165, 1.54) is 11.3 Å². The number of carbonyl (C=O) groups is 1. The predicted molar refractivity (Wildman–Crippen MR) is 98.0 cm³/mol. The van der Waals surface area contributed by atoms with Crippen molar-refractivity contribution in [3.8, 4) is 11.5 Å². The molecule has 0 aliphatic heterocycles. The summed E-state index contributed by atoms with van der Waals surface area (Å²) >= 11 is 1.37. The summed E-state index contributed by atoms with van der Waals surface area (Å²) in [4.78, 5) is 16.9.